The van der Waals surface area contributed by atoms with Crippen LogP contribution in [0.3, 0.4) is 0 Å². The van der Waals surface area contributed by atoms with Gasteiger partial charge >= 0.3 is 6.03 Å². The lowest BCUT2D eigenvalue weighted by Gasteiger charge is -2.36. The highest BCUT2D eigenvalue weighted by molar-refractivity contribution is 6.09. The summed E-state index contributed by atoms with van der Waals surface area (Å²) in [5.41, 5.74) is 0.619. The number of nitrogens with one attached hydrogen (secondary N) is 2. The number of carbonyl (C=O) groups is 3. The minimum atomic E-state index is -0.791. The summed E-state index contributed by atoms with van der Waals surface area (Å²) in [7, 11) is 0. The van der Waals surface area contributed by atoms with Crippen LogP contribution in [0, 0.1) is 5.92 Å². The molecule has 0 aromatic carbocycles. The number of allylic oxidation sites excluding steroid dienone is 1. The molecule has 2 fully saturated rings. The van der Waals surface area contributed by atoms with E-state index < -0.39 is 11.6 Å². The van der Waals surface area contributed by atoms with Gasteiger partial charge in [-0.15, -0.1) is 0 Å². The number of amides is 4. The molecule has 0 bridgehead atoms. The average molecular weight is 361 g/mol. The summed E-state index contributed by atoms with van der Waals surface area (Å²) in [4.78, 5) is 38.5. The maximum Gasteiger partial charge on any atom is 0.325 e. The Morgan fingerprint density at radius 1 is 1.27 bits per heavy atom. The summed E-state index contributed by atoms with van der Waals surface area (Å²) < 4.78 is 0. The van der Waals surface area contributed by atoms with Gasteiger partial charge in [-0.05, 0) is 50.9 Å². The molecule has 2 unspecified atom stereocenters. The van der Waals surface area contributed by atoms with Gasteiger partial charge < -0.3 is 10.6 Å². The number of urea groups is 1. The first-order valence-corrected chi connectivity index (χ1v) is 10.1. The molecule has 4 amide bonds. The van der Waals surface area contributed by atoms with E-state index in [-0.39, 0.29) is 24.3 Å². The van der Waals surface area contributed by atoms with Crippen molar-refractivity contribution in [1.29, 1.82) is 0 Å². The summed E-state index contributed by atoms with van der Waals surface area (Å²) in [6, 6.07) is -0.426. The van der Waals surface area contributed by atoms with E-state index in [1.165, 1.54) is 24.8 Å². The van der Waals surface area contributed by atoms with E-state index >= 15 is 0 Å². The maximum atomic E-state index is 12.9. The molecule has 144 valence electrons. The van der Waals surface area contributed by atoms with Crippen LogP contribution in [-0.4, -0.2) is 41.4 Å². The number of hydrogen-bond donors (Lipinski definition) is 2. The van der Waals surface area contributed by atoms with E-state index in [1.807, 2.05) is 6.92 Å². The molecule has 6 heteroatoms. The third-order valence-corrected chi connectivity index (χ3v) is 6.21. The highest BCUT2D eigenvalue weighted by atomic mass is 16.2. The predicted octanol–water partition coefficient (Wildman–Crippen LogP) is 2.88. The molecule has 3 aliphatic rings. The molecule has 2 atom stereocenters. The van der Waals surface area contributed by atoms with E-state index in [4.69, 9.17) is 0 Å². The van der Waals surface area contributed by atoms with Crippen molar-refractivity contribution in [2.75, 3.05) is 13.1 Å². The van der Waals surface area contributed by atoms with Crippen molar-refractivity contribution in [2.24, 2.45) is 5.92 Å². The lowest BCUT2D eigenvalue weighted by Crippen LogP contribution is -2.54. The van der Waals surface area contributed by atoms with Crippen molar-refractivity contribution >= 4 is 17.8 Å². The smallest absolute Gasteiger partial charge is 0.325 e. The number of carbonyl (C=O) groups excluding carboxylic acids is 3. The van der Waals surface area contributed by atoms with Gasteiger partial charge in [-0.3, -0.25) is 14.5 Å². The van der Waals surface area contributed by atoms with Gasteiger partial charge in [0.25, 0.3) is 5.91 Å². The van der Waals surface area contributed by atoms with Crippen molar-refractivity contribution in [1.82, 2.24) is 15.5 Å². The summed E-state index contributed by atoms with van der Waals surface area (Å²) in [5.74, 6) is -0.373. The molecular weight excluding hydrogens is 330 g/mol. The second-order valence-electron chi connectivity index (χ2n) is 8.00. The Morgan fingerprint density at radius 3 is 2.92 bits per heavy atom. The lowest BCUT2D eigenvalue weighted by atomic mass is 9.73. The average Bonchev–Trinajstić information content (AvgIpc) is 2.80. The molecule has 1 heterocycles. The minimum Gasteiger partial charge on any atom is -0.354 e. The molecule has 0 aromatic rings. The second-order valence-corrected chi connectivity index (χ2v) is 8.00. The molecule has 1 saturated heterocycles. The highest BCUT2D eigenvalue weighted by Crippen LogP contribution is 2.38. The number of hydrogen-bond acceptors (Lipinski definition) is 3. The van der Waals surface area contributed by atoms with E-state index in [0.717, 1.165) is 43.4 Å². The SMILES string of the molecule is CC1CCCCC12NC(=O)N(CC(=O)NCCC1=CCCCCC1)C2=O. The van der Waals surface area contributed by atoms with E-state index in [0.29, 0.717) is 13.0 Å². The minimum absolute atomic E-state index is 0.114. The number of imide groups is 1. The Hall–Kier alpha value is -1.85. The molecule has 6 nitrogen and oxygen atoms in total. The van der Waals surface area contributed by atoms with Gasteiger partial charge in [-0.25, -0.2) is 4.79 Å². The Bertz CT molecular complexity index is 601. The highest BCUT2D eigenvalue weighted by Gasteiger charge is 2.55. The molecule has 2 N–H and O–H groups in total. The van der Waals surface area contributed by atoms with Gasteiger partial charge in [0.15, 0.2) is 0 Å². The van der Waals surface area contributed by atoms with Crippen molar-refractivity contribution in [3.63, 3.8) is 0 Å². The summed E-state index contributed by atoms with van der Waals surface area (Å²) in [6.07, 6.45) is 12.8. The molecule has 26 heavy (non-hydrogen) atoms. The normalized spacial score (nSPS) is 29.3. The zero-order valence-corrected chi connectivity index (χ0v) is 15.8. The molecule has 0 aromatic heterocycles. The lowest BCUT2D eigenvalue weighted by molar-refractivity contribution is -0.137. The van der Waals surface area contributed by atoms with Crippen molar-refractivity contribution in [3.05, 3.63) is 11.6 Å². The Morgan fingerprint density at radius 2 is 2.12 bits per heavy atom. The monoisotopic (exact) mass is 361 g/mol. The first-order valence-electron chi connectivity index (χ1n) is 10.1. The van der Waals surface area contributed by atoms with Crippen molar-refractivity contribution in [2.45, 2.75) is 76.7 Å². The zero-order valence-electron chi connectivity index (χ0n) is 15.8. The van der Waals surface area contributed by atoms with Gasteiger partial charge in [0, 0.05) is 6.54 Å². The van der Waals surface area contributed by atoms with E-state index in [1.54, 1.807) is 0 Å². The summed E-state index contributed by atoms with van der Waals surface area (Å²) >= 11 is 0. The van der Waals surface area contributed by atoms with Gasteiger partial charge in [0.1, 0.15) is 12.1 Å². The maximum absolute atomic E-state index is 12.9. The van der Waals surface area contributed by atoms with Crippen LogP contribution in [0.15, 0.2) is 11.6 Å². The van der Waals surface area contributed by atoms with Gasteiger partial charge in [0.05, 0.1) is 0 Å². The van der Waals surface area contributed by atoms with Gasteiger partial charge in [-0.2, -0.15) is 0 Å². The van der Waals surface area contributed by atoms with E-state index in [2.05, 4.69) is 16.7 Å². The molecule has 2 aliphatic carbocycles. The standard InChI is InChI=1S/C20H31N3O3/c1-15-8-6-7-12-20(15)18(25)23(19(26)22-20)14-17(24)21-13-11-16-9-4-2-3-5-10-16/h9,15H,2-8,10-14H2,1H3,(H,21,24)(H,22,26). The van der Waals surface area contributed by atoms with Crippen LogP contribution in [0.1, 0.15) is 71.1 Å². The fraction of sp³-hybridized carbons (Fsp3) is 0.750. The first-order chi connectivity index (χ1) is 12.5. The third-order valence-electron chi connectivity index (χ3n) is 6.21. The zero-order chi connectivity index (χ0) is 18.6. The van der Waals surface area contributed by atoms with Crippen LogP contribution < -0.4 is 10.6 Å². The topological polar surface area (TPSA) is 78.5 Å². The largest absolute Gasteiger partial charge is 0.354 e. The molecular formula is C20H31N3O3. The van der Waals surface area contributed by atoms with Gasteiger partial charge in [0.2, 0.25) is 5.91 Å². The Kier molecular flexibility index (Phi) is 5.99. The van der Waals surface area contributed by atoms with Crippen LogP contribution in [0.25, 0.3) is 0 Å². The Labute approximate surface area is 155 Å². The number of rotatable bonds is 5. The predicted molar refractivity (Wildman–Crippen MR) is 99.4 cm³/mol. The fourth-order valence-electron chi connectivity index (χ4n) is 4.51. The number of nitrogens with zero attached hydrogens (tertiary/aromatic N) is 1. The quantitative estimate of drug-likeness (QED) is 0.584. The molecule has 3 rings (SSSR count). The fourth-order valence-corrected chi connectivity index (χ4v) is 4.51. The summed E-state index contributed by atoms with van der Waals surface area (Å²) in [6.45, 7) is 2.40. The molecule has 1 spiro atoms. The third kappa shape index (κ3) is 3.94. The van der Waals surface area contributed by atoms with E-state index in [9.17, 15) is 14.4 Å². The van der Waals surface area contributed by atoms with Gasteiger partial charge in [-0.1, -0.05) is 37.8 Å². The van der Waals surface area contributed by atoms with Crippen LogP contribution in [0.4, 0.5) is 4.79 Å². The molecule has 1 saturated carbocycles. The van der Waals surface area contributed by atoms with Crippen molar-refractivity contribution < 1.29 is 14.4 Å². The van der Waals surface area contributed by atoms with Crippen LogP contribution in [-0.2, 0) is 9.59 Å². The first kappa shape index (κ1) is 18.9. The van der Waals surface area contributed by atoms with Crippen LogP contribution >= 0.6 is 0 Å². The molecule has 1 aliphatic heterocycles. The Balaban J connectivity index is 1.50. The van der Waals surface area contributed by atoms with Crippen LogP contribution in [0.5, 0.6) is 0 Å². The van der Waals surface area contributed by atoms with Crippen molar-refractivity contribution in [3.8, 4) is 0 Å². The van der Waals surface area contributed by atoms with Crippen LogP contribution in [0.2, 0.25) is 0 Å². The second kappa shape index (κ2) is 8.23. The summed E-state index contributed by atoms with van der Waals surface area (Å²) in [5, 5.41) is 5.75. The molecule has 0 radical (unpaired) electrons.